The number of hydrogen-bond acceptors (Lipinski definition) is 6. The van der Waals surface area contributed by atoms with E-state index in [4.69, 9.17) is 13.9 Å². The summed E-state index contributed by atoms with van der Waals surface area (Å²) in [5, 5.41) is 3.43. The summed E-state index contributed by atoms with van der Waals surface area (Å²) in [6, 6.07) is 14.5. The highest BCUT2D eigenvalue weighted by Gasteiger charge is 2.09. The number of rotatable bonds is 7. The van der Waals surface area contributed by atoms with Crippen LogP contribution >= 0.6 is 11.8 Å². The zero-order valence-electron chi connectivity index (χ0n) is 15.7. The molecule has 146 valence electrons. The zero-order valence-corrected chi connectivity index (χ0v) is 16.5. The van der Waals surface area contributed by atoms with Gasteiger partial charge in [0.05, 0.1) is 13.2 Å². The molecular weight excluding hydrogens is 378 g/mol. The molecule has 6 nitrogen and oxygen atoms in total. The Labute approximate surface area is 166 Å². The zero-order chi connectivity index (χ0) is 19.9. The minimum Gasteiger partial charge on any atom is -0.494 e. The van der Waals surface area contributed by atoms with Gasteiger partial charge in [-0.2, -0.15) is 0 Å². The first-order valence-corrected chi connectivity index (χ1v) is 9.94. The predicted molar refractivity (Wildman–Crippen MR) is 110 cm³/mol. The summed E-state index contributed by atoms with van der Waals surface area (Å²) < 4.78 is 15.6. The highest BCUT2D eigenvalue weighted by molar-refractivity contribution is 7.98. The fourth-order valence-electron chi connectivity index (χ4n) is 2.67. The van der Waals surface area contributed by atoms with Gasteiger partial charge in [-0.1, -0.05) is 0 Å². The van der Waals surface area contributed by atoms with E-state index in [2.05, 4.69) is 5.32 Å². The van der Waals surface area contributed by atoms with Crippen molar-refractivity contribution in [2.75, 3.05) is 18.5 Å². The molecule has 28 heavy (non-hydrogen) atoms. The first-order valence-electron chi connectivity index (χ1n) is 8.95. The molecule has 1 heterocycles. The average Bonchev–Trinajstić information content (AvgIpc) is 2.67. The van der Waals surface area contributed by atoms with Crippen LogP contribution in [0.25, 0.3) is 11.0 Å². The number of nitrogens with one attached hydrogen (secondary N) is 1. The van der Waals surface area contributed by atoms with Gasteiger partial charge in [0.15, 0.2) is 0 Å². The lowest BCUT2D eigenvalue weighted by atomic mass is 10.1. The van der Waals surface area contributed by atoms with E-state index in [1.54, 1.807) is 30.8 Å². The molecule has 0 aliphatic rings. The van der Waals surface area contributed by atoms with E-state index in [0.29, 0.717) is 23.6 Å². The van der Waals surface area contributed by atoms with Crippen molar-refractivity contribution < 1.29 is 18.7 Å². The Hall–Kier alpha value is -2.93. The Kier molecular flexibility index (Phi) is 6.60. The van der Waals surface area contributed by atoms with Crippen LogP contribution in [0, 0.1) is 0 Å². The molecule has 0 bridgehead atoms. The summed E-state index contributed by atoms with van der Waals surface area (Å²) in [6.45, 7) is 4.59. The molecule has 0 unspecified atom stereocenters. The van der Waals surface area contributed by atoms with Gasteiger partial charge in [0.1, 0.15) is 11.3 Å². The molecule has 0 aliphatic carbocycles. The Balaban J connectivity index is 1.78. The van der Waals surface area contributed by atoms with Crippen LogP contribution in [0.3, 0.4) is 0 Å². The summed E-state index contributed by atoms with van der Waals surface area (Å²) in [4.78, 5) is 24.6. The van der Waals surface area contributed by atoms with Crippen molar-refractivity contribution in [3.8, 4) is 5.75 Å². The van der Waals surface area contributed by atoms with Crippen molar-refractivity contribution in [1.29, 1.82) is 0 Å². The van der Waals surface area contributed by atoms with Crippen LogP contribution in [0.2, 0.25) is 0 Å². The molecule has 0 atom stereocenters. The van der Waals surface area contributed by atoms with Gasteiger partial charge >= 0.3 is 11.7 Å². The summed E-state index contributed by atoms with van der Waals surface area (Å²) >= 11 is 1.62. The molecule has 3 aromatic rings. The van der Waals surface area contributed by atoms with Gasteiger partial charge in [-0.05, 0) is 55.8 Å². The van der Waals surface area contributed by atoms with Gasteiger partial charge in [0.2, 0.25) is 0 Å². The highest BCUT2D eigenvalue weighted by Crippen LogP contribution is 2.29. The van der Waals surface area contributed by atoms with Crippen molar-refractivity contribution in [3.05, 3.63) is 64.5 Å². The molecule has 3 rings (SSSR count). The summed E-state index contributed by atoms with van der Waals surface area (Å²) in [5.41, 5.74) is 1.37. The van der Waals surface area contributed by atoms with Crippen LogP contribution in [0.5, 0.6) is 5.75 Å². The average molecular weight is 399 g/mol. The summed E-state index contributed by atoms with van der Waals surface area (Å²) in [7, 11) is 0. The van der Waals surface area contributed by atoms with Crippen molar-refractivity contribution in [2.45, 2.75) is 24.5 Å². The number of ether oxygens (including phenoxy) is 2. The fourth-order valence-corrected chi connectivity index (χ4v) is 3.56. The third-order valence-electron chi connectivity index (χ3n) is 3.88. The summed E-state index contributed by atoms with van der Waals surface area (Å²) in [5.74, 6) is 1.44. The Bertz CT molecular complexity index is 1010. The van der Waals surface area contributed by atoms with Gasteiger partial charge < -0.3 is 13.9 Å². The summed E-state index contributed by atoms with van der Waals surface area (Å²) in [6.07, 6.45) is -0.550. The van der Waals surface area contributed by atoms with Crippen LogP contribution in [-0.2, 0) is 10.5 Å². The van der Waals surface area contributed by atoms with E-state index in [-0.39, 0.29) is 6.61 Å². The molecule has 0 radical (unpaired) electrons. The van der Waals surface area contributed by atoms with Crippen molar-refractivity contribution >= 4 is 34.5 Å². The molecule has 0 fully saturated rings. The minimum absolute atomic E-state index is 0.279. The lowest BCUT2D eigenvalue weighted by molar-refractivity contribution is 0.168. The highest BCUT2D eigenvalue weighted by atomic mass is 32.2. The number of carbonyl (C=O) groups excluding carboxylic acids is 1. The molecule has 1 N–H and O–H groups in total. The van der Waals surface area contributed by atoms with Crippen LogP contribution in [0.15, 0.2) is 62.6 Å². The number of benzene rings is 2. The normalized spacial score (nSPS) is 10.6. The SMILES string of the molecule is CCOC(=O)Nc1ccc2c(CSc3ccc(OCC)cc3)cc(=O)oc2c1. The van der Waals surface area contributed by atoms with Crippen LogP contribution < -0.4 is 15.7 Å². The molecule has 2 aromatic carbocycles. The van der Waals surface area contributed by atoms with E-state index in [1.807, 2.05) is 37.3 Å². The quantitative estimate of drug-likeness (QED) is 0.442. The predicted octanol–water partition coefficient (Wildman–Crippen LogP) is 5.05. The Morgan fingerprint density at radius 3 is 2.57 bits per heavy atom. The van der Waals surface area contributed by atoms with Gasteiger partial charge in [-0.15, -0.1) is 11.8 Å². The molecule has 0 saturated carbocycles. The molecule has 1 aromatic heterocycles. The van der Waals surface area contributed by atoms with Crippen LogP contribution in [0.4, 0.5) is 10.5 Å². The third kappa shape index (κ3) is 5.07. The lowest BCUT2D eigenvalue weighted by Crippen LogP contribution is -2.13. The first kappa shape index (κ1) is 19.8. The third-order valence-corrected chi connectivity index (χ3v) is 4.94. The van der Waals surface area contributed by atoms with E-state index in [0.717, 1.165) is 21.6 Å². The first-order chi connectivity index (χ1) is 13.6. The lowest BCUT2D eigenvalue weighted by Gasteiger charge is -2.09. The fraction of sp³-hybridized carbons (Fsp3) is 0.238. The van der Waals surface area contributed by atoms with E-state index < -0.39 is 11.7 Å². The largest absolute Gasteiger partial charge is 0.494 e. The van der Waals surface area contributed by atoms with E-state index in [1.165, 1.54) is 6.07 Å². The maximum absolute atomic E-state index is 12.0. The van der Waals surface area contributed by atoms with Gasteiger partial charge in [-0.3, -0.25) is 5.32 Å². The van der Waals surface area contributed by atoms with Crippen molar-refractivity contribution in [2.24, 2.45) is 0 Å². The molecule has 0 saturated heterocycles. The number of amides is 1. The Morgan fingerprint density at radius 1 is 1.07 bits per heavy atom. The van der Waals surface area contributed by atoms with E-state index >= 15 is 0 Å². The number of anilines is 1. The van der Waals surface area contributed by atoms with Crippen LogP contribution in [0.1, 0.15) is 19.4 Å². The topological polar surface area (TPSA) is 77.8 Å². The number of carbonyl (C=O) groups is 1. The maximum Gasteiger partial charge on any atom is 0.411 e. The second-order valence-electron chi connectivity index (χ2n) is 5.84. The van der Waals surface area contributed by atoms with Gasteiger partial charge in [-0.25, -0.2) is 9.59 Å². The van der Waals surface area contributed by atoms with Crippen molar-refractivity contribution in [3.63, 3.8) is 0 Å². The maximum atomic E-state index is 12.0. The molecule has 1 amide bonds. The standard InChI is InChI=1S/C21H21NO5S/c1-3-25-16-6-8-17(9-7-16)28-13-14-11-20(23)27-19-12-15(5-10-18(14)19)22-21(24)26-4-2/h5-12H,3-4,13H2,1-2H3,(H,22,24). The number of hydrogen-bond donors (Lipinski definition) is 1. The second kappa shape index (κ2) is 9.32. The molecule has 0 aliphatic heterocycles. The van der Waals surface area contributed by atoms with Gasteiger partial charge in [0, 0.05) is 33.9 Å². The molecule has 0 spiro atoms. The monoisotopic (exact) mass is 399 g/mol. The smallest absolute Gasteiger partial charge is 0.411 e. The minimum atomic E-state index is -0.550. The Morgan fingerprint density at radius 2 is 1.86 bits per heavy atom. The van der Waals surface area contributed by atoms with Crippen molar-refractivity contribution in [1.82, 2.24) is 0 Å². The number of fused-ring (bicyclic) bond motifs is 1. The molecular formula is C21H21NO5S. The molecule has 7 heteroatoms. The van der Waals surface area contributed by atoms with E-state index in [9.17, 15) is 9.59 Å². The van der Waals surface area contributed by atoms with Gasteiger partial charge in [0.25, 0.3) is 0 Å². The second-order valence-corrected chi connectivity index (χ2v) is 6.89. The number of thioether (sulfide) groups is 1. The van der Waals surface area contributed by atoms with Crippen LogP contribution in [-0.4, -0.2) is 19.3 Å².